The van der Waals surface area contributed by atoms with Gasteiger partial charge in [0.25, 0.3) is 5.91 Å². The van der Waals surface area contributed by atoms with Crippen molar-refractivity contribution < 1.29 is 19.4 Å². The fraction of sp³-hybridized carbons (Fsp3) is 0.267. The van der Waals surface area contributed by atoms with Gasteiger partial charge in [0.15, 0.2) is 6.61 Å². The minimum atomic E-state index is -1.06. The number of benzene rings is 1. The number of fused-ring (bicyclic) bond motifs is 1. The summed E-state index contributed by atoms with van der Waals surface area (Å²) >= 11 is 0. The molecule has 1 aliphatic heterocycles. The van der Waals surface area contributed by atoms with Crippen molar-refractivity contribution in [1.82, 2.24) is 15.1 Å². The van der Waals surface area contributed by atoms with E-state index in [1.54, 1.807) is 35.4 Å². The Bertz CT molecular complexity index is 710. The van der Waals surface area contributed by atoms with E-state index in [1.165, 1.54) is 0 Å². The Hall–Kier alpha value is -2.83. The molecule has 1 aromatic carbocycles. The van der Waals surface area contributed by atoms with E-state index in [9.17, 15) is 9.59 Å². The molecule has 0 fully saturated rings. The summed E-state index contributed by atoms with van der Waals surface area (Å²) in [6.07, 6.45) is 2.48. The summed E-state index contributed by atoms with van der Waals surface area (Å²) in [5.41, 5.74) is 2.58. The molecule has 114 valence electrons. The fourth-order valence-corrected chi connectivity index (χ4v) is 2.44. The first-order valence-corrected chi connectivity index (χ1v) is 6.88. The van der Waals surface area contributed by atoms with Crippen LogP contribution in [0.4, 0.5) is 0 Å². The van der Waals surface area contributed by atoms with Crippen molar-refractivity contribution in [3.63, 3.8) is 0 Å². The second-order valence-electron chi connectivity index (χ2n) is 5.06. The minimum absolute atomic E-state index is 0.104. The Morgan fingerprint density at radius 2 is 2.27 bits per heavy atom. The average Bonchev–Trinajstić information content (AvgIpc) is 3.00. The van der Waals surface area contributed by atoms with Crippen LogP contribution in [0.2, 0.25) is 0 Å². The molecule has 0 radical (unpaired) electrons. The number of carbonyl (C=O) groups is 2. The van der Waals surface area contributed by atoms with Gasteiger partial charge in [0, 0.05) is 36.3 Å². The smallest absolute Gasteiger partial charge is 0.341 e. The zero-order valence-corrected chi connectivity index (χ0v) is 11.8. The molecule has 7 nitrogen and oxygen atoms in total. The molecule has 2 aromatic rings. The molecule has 2 heterocycles. The molecule has 0 atom stereocenters. The van der Waals surface area contributed by atoms with E-state index in [0.29, 0.717) is 24.4 Å². The number of aliphatic carboxylic acids is 1. The molecule has 1 aliphatic rings. The van der Waals surface area contributed by atoms with Crippen molar-refractivity contribution in [1.29, 1.82) is 0 Å². The number of aromatic amines is 1. The maximum Gasteiger partial charge on any atom is 0.341 e. The zero-order chi connectivity index (χ0) is 15.5. The lowest BCUT2D eigenvalue weighted by Gasteiger charge is -2.26. The monoisotopic (exact) mass is 301 g/mol. The molecular weight excluding hydrogens is 286 g/mol. The van der Waals surface area contributed by atoms with Gasteiger partial charge in [-0.3, -0.25) is 9.89 Å². The number of rotatable bonds is 4. The van der Waals surface area contributed by atoms with Crippen LogP contribution in [0.5, 0.6) is 5.75 Å². The Labute approximate surface area is 126 Å². The number of hydrogen-bond acceptors (Lipinski definition) is 4. The third-order valence-electron chi connectivity index (χ3n) is 3.53. The summed E-state index contributed by atoms with van der Waals surface area (Å²) in [7, 11) is 0. The van der Waals surface area contributed by atoms with Crippen molar-refractivity contribution in [3.05, 3.63) is 47.3 Å². The predicted octanol–water partition coefficient (Wildman–Crippen LogP) is 1.07. The van der Waals surface area contributed by atoms with Crippen molar-refractivity contribution in [3.8, 4) is 5.75 Å². The quantitative estimate of drug-likeness (QED) is 0.880. The summed E-state index contributed by atoms with van der Waals surface area (Å²) < 4.78 is 5.10. The maximum absolute atomic E-state index is 12.5. The van der Waals surface area contributed by atoms with Gasteiger partial charge in [0.05, 0.1) is 6.20 Å². The first kappa shape index (κ1) is 14.1. The van der Waals surface area contributed by atoms with Crippen LogP contribution in [-0.2, 0) is 17.8 Å². The second kappa shape index (κ2) is 5.88. The van der Waals surface area contributed by atoms with E-state index in [-0.39, 0.29) is 5.91 Å². The highest BCUT2D eigenvalue weighted by molar-refractivity contribution is 5.94. The van der Waals surface area contributed by atoms with Crippen LogP contribution in [0, 0.1) is 0 Å². The number of carboxylic acid groups (broad SMARTS) is 1. The molecule has 7 heteroatoms. The van der Waals surface area contributed by atoms with E-state index < -0.39 is 12.6 Å². The fourth-order valence-electron chi connectivity index (χ4n) is 2.44. The highest BCUT2D eigenvalue weighted by Gasteiger charge is 2.23. The molecular formula is C15H15N3O4. The molecule has 0 saturated carbocycles. The second-order valence-corrected chi connectivity index (χ2v) is 5.06. The summed E-state index contributed by atoms with van der Waals surface area (Å²) in [5.74, 6) is -0.790. The van der Waals surface area contributed by atoms with E-state index in [0.717, 1.165) is 17.7 Å². The lowest BCUT2D eigenvalue weighted by atomic mass is 10.1. The number of aromatic nitrogens is 2. The van der Waals surface area contributed by atoms with Gasteiger partial charge in [0.2, 0.25) is 0 Å². The van der Waals surface area contributed by atoms with Crippen LogP contribution in [0.3, 0.4) is 0 Å². The Morgan fingerprint density at radius 1 is 1.41 bits per heavy atom. The van der Waals surface area contributed by atoms with Gasteiger partial charge >= 0.3 is 5.97 Å². The number of nitrogens with one attached hydrogen (secondary N) is 1. The molecule has 0 unspecified atom stereocenters. The molecule has 22 heavy (non-hydrogen) atoms. The molecule has 0 bridgehead atoms. The van der Waals surface area contributed by atoms with Crippen molar-refractivity contribution >= 4 is 11.9 Å². The largest absolute Gasteiger partial charge is 0.482 e. The minimum Gasteiger partial charge on any atom is -0.482 e. The lowest BCUT2D eigenvalue weighted by molar-refractivity contribution is -0.139. The third-order valence-corrected chi connectivity index (χ3v) is 3.53. The molecule has 0 aliphatic carbocycles. The van der Waals surface area contributed by atoms with E-state index >= 15 is 0 Å². The van der Waals surface area contributed by atoms with Crippen molar-refractivity contribution in [2.75, 3.05) is 13.2 Å². The Balaban J connectivity index is 1.72. The summed E-state index contributed by atoms with van der Waals surface area (Å²) in [4.78, 5) is 24.8. The highest BCUT2D eigenvalue weighted by atomic mass is 16.5. The van der Waals surface area contributed by atoms with Crippen LogP contribution >= 0.6 is 0 Å². The molecule has 3 rings (SSSR count). The van der Waals surface area contributed by atoms with Crippen LogP contribution in [0.15, 0.2) is 30.5 Å². The Kier molecular flexibility index (Phi) is 3.78. The average molecular weight is 301 g/mol. The molecule has 1 amide bonds. The highest BCUT2D eigenvalue weighted by Crippen LogP contribution is 2.20. The molecule has 1 aromatic heterocycles. The number of ether oxygens (including phenoxy) is 1. The topological polar surface area (TPSA) is 95.5 Å². The number of hydrogen-bond donors (Lipinski definition) is 2. The van der Waals surface area contributed by atoms with E-state index in [1.807, 2.05) is 0 Å². The normalized spacial score (nSPS) is 13.5. The standard InChI is InChI=1S/C15H15N3O4/c19-14(20)9-22-12-3-1-2-10(6-12)15(21)18-5-4-13-11(8-18)7-16-17-13/h1-3,6-7H,4-5,8-9H2,(H,16,17)(H,19,20). The third kappa shape index (κ3) is 2.93. The number of carbonyl (C=O) groups excluding carboxylic acids is 1. The Morgan fingerprint density at radius 3 is 3.09 bits per heavy atom. The van der Waals surface area contributed by atoms with Crippen LogP contribution < -0.4 is 4.74 Å². The van der Waals surface area contributed by atoms with Gasteiger partial charge in [-0.1, -0.05) is 6.07 Å². The van der Waals surface area contributed by atoms with E-state index in [4.69, 9.17) is 9.84 Å². The van der Waals surface area contributed by atoms with Crippen LogP contribution in [-0.4, -0.2) is 45.2 Å². The van der Waals surface area contributed by atoms with Gasteiger partial charge < -0.3 is 14.7 Å². The van der Waals surface area contributed by atoms with Gasteiger partial charge in [-0.15, -0.1) is 0 Å². The van der Waals surface area contributed by atoms with Gasteiger partial charge in [-0.25, -0.2) is 4.79 Å². The number of amides is 1. The molecule has 2 N–H and O–H groups in total. The summed E-state index contributed by atoms with van der Waals surface area (Å²) in [6, 6.07) is 6.57. The maximum atomic E-state index is 12.5. The molecule has 0 saturated heterocycles. The SMILES string of the molecule is O=C(O)COc1cccc(C(=O)N2CCc3[nH]ncc3C2)c1. The van der Waals surface area contributed by atoms with E-state index in [2.05, 4.69) is 10.2 Å². The number of H-pyrrole nitrogens is 1. The van der Waals surface area contributed by atoms with Gasteiger partial charge in [-0.05, 0) is 18.2 Å². The predicted molar refractivity (Wildman–Crippen MR) is 76.6 cm³/mol. The summed E-state index contributed by atoms with van der Waals surface area (Å²) in [5, 5.41) is 15.5. The first-order chi connectivity index (χ1) is 10.6. The number of carboxylic acids is 1. The van der Waals surface area contributed by atoms with Crippen molar-refractivity contribution in [2.24, 2.45) is 0 Å². The van der Waals surface area contributed by atoms with Crippen LogP contribution in [0.25, 0.3) is 0 Å². The van der Waals surface area contributed by atoms with Gasteiger partial charge in [0.1, 0.15) is 5.75 Å². The van der Waals surface area contributed by atoms with Crippen LogP contribution in [0.1, 0.15) is 21.6 Å². The lowest BCUT2D eigenvalue weighted by Crippen LogP contribution is -2.35. The molecule has 0 spiro atoms. The first-order valence-electron chi connectivity index (χ1n) is 6.88. The zero-order valence-electron chi connectivity index (χ0n) is 11.8. The van der Waals surface area contributed by atoms with Gasteiger partial charge in [-0.2, -0.15) is 5.10 Å². The number of nitrogens with zero attached hydrogens (tertiary/aromatic N) is 2. The summed E-state index contributed by atoms with van der Waals surface area (Å²) in [6.45, 7) is 0.707. The van der Waals surface area contributed by atoms with Crippen molar-refractivity contribution in [2.45, 2.75) is 13.0 Å².